The molecule has 5 heteroatoms. The maximum absolute atomic E-state index is 12.3. The molecule has 0 N–H and O–H groups in total. The number of aromatic nitrogens is 1. The smallest absolute Gasteiger partial charge is 0.259 e. The van der Waals surface area contributed by atoms with Crippen LogP contribution < -0.4 is 4.90 Å². The molecule has 2 rings (SSSR count). The monoisotopic (exact) mass is 324 g/mol. The molecule has 3 nitrogen and oxygen atoms in total. The molecule has 1 aromatic carbocycles. The molecule has 0 spiro atoms. The van der Waals surface area contributed by atoms with E-state index in [1.54, 1.807) is 43.7 Å². The third-order valence-electron chi connectivity index (χ3n) is 2.50. The highest BCUT2D eigenvalue weighted by molar-refractivity contribution is 9.10. The first-order chi connectivity index (χ1) is 8.59. The van der Waals surface area contributed by atoms with Gasteiger partial charge in [-0.2, -0.15) is 0 Å². The zero-order chi connectivity index (χ0) is 13.1. The number of halogens is 2. The molecule has 1 amide bonds. The molecular formula is C13H10BrClN2O. The predicted molar refractivity (Wildman–Crippen MR) is 76.1 cm³/mol. The number of amides is 1. The Kier molecular flexibility index (Phi) is 3.99. The van der Waals surface area contributed by atoms with Crippen molar-refractivity contribution in [1.29, 1.82) is 0 Å². The van der Waals surface area contributed by atoms with Gasteiger partial charge < -0.3 is 4.90 Å². The molecule has 0 saturated carbocycles. The van der Waals surface area contributed by atoms with E-state index in [1.165, 1.54) is 4.90 Å². The van der Waals surface area contributed by atoms with Gasteiger partial charge in [-0.25, -0.2) is 0 Å². The molecule has 18 heavy (non-hydrogen) atoms. The van der Waals surface area contributed by atoms with Gasteiger partial charge in [0.05, 0.1) is 22.5 Å². The summed E-state index contributed by atoms with van der Waals surface area (Å²) >= 11 is 9.37. The zero-order valence-electron chi connectivity index (χ0n) is 9.60. The van der Waals surface area contributed by atoms with Crippen molar-refractivity contribution in [2.45, 2.75) is 0 Å². The van der Waals surface area contributed by atoms with E-state index in [2.05, 4.69) is 20.9 Å². The highest BCUT2D eigenvalue weighted by atomic mass is 79.9. The predicted octanol–water partition coefficient (Wildman–Crippen LogP) is 3.77. The quantitative estimate of drug-likeness (QED) is 0.842. The van der Waals surface area contributed by atoms with Crippen molar-refractivity contribution in [3.05, 3.63) is 57.8 Å². The van der Waals surface area contributed by atoms with Crippen LogP contribution in [0.25, 0.3) is 0 Å². The second kappa shape index (κ2) is 5.50. The van der Waals surface area contributed by atoms with Gasteiger partial charge >= 0.3 is 0 Å². The first kappa shape index (κ1) is 13.1. The molecule has 2 aromatic rings. The van der Waals surface area contributed by atoms with Crippen LogP contribution in [0.2, 0.25) is 5.02 Å². The van der Waals surface area contributed by atoms with Crippen molar-refractivity contribution in [2.75, 3.05) is 11.9 Å². The van der Waals surface area contributed by atoms with E-state index >= 15 is 0 Å². The number of benzene rings is 1. The van der Waals surface area contributed by atoms with E-state index in [1.807, 2.05) is 6.07 Å². The third-order valence-corrected chi connectivity index (χ3v) is 3.32. The van der Waals surface area contributed by atoms with Crippen LogP contribution in [0.5, 0.6) is 0 Å². The van der Waals surface area contributed by atoms with Gasteiger partial charge in [0.1, 0.15) is 0 Å². The van der Waals surface area contributed by atoms with Gasteiger partial charge in [-0.15, -0.1) is 0 Å². The molecule has 1 aromatic heterocycles. The molecule has 1 heterocycles. The van der Waals surface area contributed by atoms with E-state index in [0.717, 1.165) is 10.2 Å². The zero-order valence-corrected chi connectivity index (χ0v) is 11.9. The van der Waals surface area contributed by atoms with E-state index < -0.39 is 0 Å². The third kappa shape index (κ3) is 2.71. The minimum absolute atomic E-state index is 0.172. The number of hydrogen-bond acceptors (Lipinski definition) is 2. The minimum atomic E-state index is -0.172. The van der Waals surface area contributed by atoms with Crippen LogP contribution in [0.1, 0.15) is 10.4 Å². The van der Waals surface area contributed by atoms with E-state index in [-0.39, 0.29) is 5.91 Å². The Bertz CT molecular complexity index is 574. The summed E-state index contributed by atoms with van der Waals surface area (Å²) in [5.74, 6) is -0.172. The normalized spacial score (nSPS) is 10.2. The Morgan fingerprint density at radius 3 is 2.83 bits per heavy atom. The molecule has 92 valence electrons. The molecule has 0 unspecified atom stereocenters. The topological polar surface area (TPSA) is 33.2 Å². The summed E-state index contributed by atoms with van der Waals surface area (Å²) in [4.78, 5) is 17.8. The van der Waals surface area contributed by atoms with Crippen LogP contribution in [0.4, 0.5) is 5.69 Å². The standard InChI is InChI=1S/C13H10BrClN2O/c1-17(10-3-2-6-16-8-10)13(18)11-7-9(14)4-5-12(11)15/h2-8H,1H3. The average molecular weight is 326 g/mol. The maximum Gasteiger partial charge on any atom is 0.259 e. The molecule has 0 fully saturated rings. The lowest BCUT2D eigenvalue weighted by Crippen LogP contribution is -2.26. The molecule has 0 atom stereocenters. The lowest BCUT2D eigenvalue weighted by atomic mass is 10.2. The van der Waals surface area contributed by atoms with E-state index in [0.29, 0.717) is 10.6 Å². The Labute approximate surface area is 119 Å². The number of nitrogens with zero attached hydrogens (tertiary/aromatic N) is 2. The first-order valence-corrected chi connectivity index (χ1v) is 6.40. The van der Waals surface area contributed by atoms with Crippen LogP contribution in [-0.2, 0) is 0 Å². The number of anilines is 1. The van der Waals surface area contributed by atoms with Gasteiger partial charge in [0.2, 0.25) is 0 Å². The highest BCUT2D eigenvalue weighted by Gasteiger charge is 2.16. The summed E-state index contributed by atoms with van der Waals surface area (Å²) < 4.78 is 0.815. The van der Waals surface area contributed by atoms with Crippen molar-refractivity contribution in [3.8, 4) is 0 Å². The number of carbonyl (C=O) groups excluding carboxylic acids is 1. The van der Waals surface area contributed by atoms with Crippen molar-refractivity contribution >= 4 is 39.1 Å². The number of hydrogen-bond donors (Lipinski definition) is 0. The van der Waals surface area contributed by atoms with E-state index in [9.17, 15) is 4.79 Å². The summed E-state index contributed by atoms with van der Waals surface area (Å²) in [6.45, 7) is 0. The molecule has 0 bridgehead atoms. The van der Waals surface area contributed by atoms with Gasteiger partial charge in [0, 0.05) is 17.7 Å². The fraction of sp³-hybridized carbons (Fsp3) is 0.0769. The SMILES string of the molecule is CN(C(=O)c1cc(Br)ccc1Cl)c1cccnc1. The summed E-state index contributed by atoms with van der Waals surface area (Å²) in [7, 11) is 1.69. The molecule has 0 aliphatic heterocycles. The number of pyridine rings is 1. The van der Waals surface area contributed by atoms with Crippen LogP contribution in [0.15, 0.2) is 47.2 Å². The number of carbonyl (C=O) groups is 1. The van der Waals surface area contributed by atoms with Gasteiger partial charge in [-0.3, -0.25) is 9.78 Å². The second-order valence-electron chi connectivity index (χ2n) is 3.70. The van der Waals surface area contributed by atoms with Crippen LogP contribution in [-0.4, -0.2) is 17.9 Å². The Morgan fingerprint density at radius 2 is 2.17 bits per heavy atom. The fourth-order valence-corrected chi connectivity index (χ4v) is 2.07. The summed E-state index contributed by atoms with van der Waals surface area (Å²) in [5.41, 5.74) is 1.18. The minimum Gasteiger partial charge on any atom is -0.310 e. The number of rotatable bonds is 2. The van der Waals surface area contributed by atoms with Crippen molar-refractivity contribution in [2.24, 2.45) is 0 Å². The fourth-order valence-electron chi connectivity index (χ4n) is 1.51. The van der Waals surface area contributed by atoms with Crippen molar-refractivity contribution in [3.63, 3.8) is 0 Å². The molecule has 0 aliphatic rings. The first-order valence-electron chi connectivity index (χ1n) is 5.22. The summed E-state index contributed by atoms with van der Waals surface area (Å²) in [6.07, 6.45) is 3.29. The van der Waals surface area contributed by atoms with Crippen LogP contribution in [0.3, 0.4) is 0 Å². The van der Waals surface area contributed by atoms with Gasteiger partial charge in [0.15, 0.2) is 0 Å². The lowest BCUT2D eigenvalue weighted by molar-refractivity contribution is 0.0993. The molecule has 0 saturated heterocycles. The summed E-state index contributed by atoms with van der Waals surface area (Å²) in [6, 6.07) is 8.79. The maximum atomic E-state index is 12.3. The Morgan fingerprint density at radius 1 is 1.39 bits per heavy atom. The Hall–Kier alpha value is -1.39. The van der Waals surface area contributed by atoms with Gasteiger partial charge in [-0.05, 0) is 30.3 Å². The van der Waals surface area contributed by atoms with Crippen molar-refractivity contribution in [1.82, 2.24) is 4.98 Å². The van der Waals surface area contributed by atoms with Crippen molar-refractivity contribution < 1.29 is 4.79 Å². The summed E-state index contributed by atoms with van der Waals surface area (Å²) in [5, 5.41) is 0.430. The molecule has 0 radical (unpaired) electrons. The second-order valence-corrected chi connectivity index (χ2v) is 5.02. The Balaban J connectivity index is 2.34. The molecule has 0 aliphatic carbocycles. The van der Waals surface area contributed by atoms with Crippen LogP contribution >= 0.6 is 27.5 Å². The van der Waals surface area contributed by atoms with E-state index in [4.69, 9.17) is 11.6 Å². The largest absolute Gasteiger partial charge is 0.310 e. The van der Waals surface area contributed by atoms with Crippen LogP contribution in [0, 0.1) is 0 Å². The lowest BCUT2D eigenvalue weighted by Gasteiger charge is -2.17. The highest BCUT2D eigenvalue weighted by Crippen LogP contribution is 2.23. The van der Waals surface area contributed by atoms with Gasteiger partial charge in [-0.1, -0.05) is 27.5 Å². The van der Waals surface area contributed by atoms with Gasteiger partial charge in [0.25, 0.3) is 5.91 Å². The molecular weight excluding hydrogens is 316 g/mol. The average Bonchev–Trinajstić information content (AvgIpc) is 2.41.